The molecule has 160 valence electrons. The molecule has 32 heavy (non-hydrogen) atoms. The molecule has 8 heteroatoms. The molecule has 0 bridgehead atoms. The van der Waals surface area contributed by atoms with Crippen LogP contribution in [0.4, 0.5) is 0 Å². The topological polar surface area (TPSA) is 98.4 Å². The second kappa shape index (κ2) is 7.39. The van der Waals surface area contributed by atoms with Gasteiger partial charge >= 0.3 is 0 Å². The molecule has 0 unspecified atom stereocenters. The molecule has 5 rings (SSSR count). The summed E-state index contributed by atoms with van der Waals surface area (Å²) in [5.74, 6) is 0.574. The highest BCUT2D eigenvalue weighted by molar-refractivity contribution is 7.10. The maximum absolute atomic E-state index is 13.4. The molecule has 1 amide bonds. The van der Waals surface area contributed by atoms with E-state index in [1.54, 1.807) is 13.1 Å². The van der Waals surface area contributed by atoms with Gasteiger partial charge in [-0.2, -0.15) is 5.26 Å². The van der Waals surface area contributed by atoms with Crippen molar-refractivity contribution in [2.24, 2.45) is 0 Å². The Morgan fingerprint density at radius 2 is 2.00 bits per heavy atom. The summed E-state index contributed by atoms with van der Waals surface area (Å²) in [4.78, 5) is 15.7. The lowest BCUT2D eigenvalue weighted by atomic mass is 9.76. The van der Waals surface area contributed by atoms with Gasteiger partial charge in [0.15, 0.2) is 17.5 Å². The number of hydrogen-bond donors (Lipinski definition) is 2. The standard InChI is InChI=1S/C24H20N4O3S/c1-24(20-10-17(12-32-20)15-5-3-4-14(8-15)11-25)21(22(29)28(2)23(26)27-24)16-6-7-18-19(9-16)31-13-30-18/h3-10,12,21H,13H2,1-2H3,(H2,26,27)/t21-,24+/m0/s1. The fourth-order valence-electron chi connectivity index (χ4n) is 4.25. The molecule has 1 fully saturated rings. The molecule has 3 heterocycles. The smallest absolute Gasteiger partial charge is 0.239 e. The van der Waals surface area contributed by atoms with Crippen molar-refractivity contribution in [2.75, 3.05) is 13.8 Å². The minimum absolute atomic E-state index is 0.0518. The summed E-state index contributed by atoms with van der Waals surface area (Å²) < 4.78 is 11.0. The molecule has 0 aliphatic carbocycles. The molecule has 2 N–H and O–H groups in total. The minimum Gasteiger partial charge on any atom is -0.454 e. The van der Waals surface area contributed by atoms with E-state index in [9.17, 15) is 10.1 Å². The van der Waals surface area contributed by atoms with Gasteiger partial charge in [-0.1, -0.05) is 18.2 Å². The molecule has 1 saturated heterocycles. The Kier molecular flexibility index (Phi) is 4.64. The normalized spacial score (nSPS) is 21.9. The van der Waals surface area contributed by atoms with Crippen LogP contribution in [0.1, 0.15) is 28.8 Å². The second-order valence-electron chi connectivity index (χ2n) is 8.01. The molecule has 2 aliphatic heterocycles. The first-order chi connectivity index (χ1) is 15.4. The summed E-state index contributed by atoms with van der Waals surface area (Å²) in [6, 6.07) is 17.2. The molecule has 2 aliphatic rings. The quantitative estimate of drug-likeness (QED) is 0.636. The fourth-order valence-corrected chi connectivity index (χ4v) is 5.32. The number of amides is 1. The first-order valence-corrected chi connectivity index (χ1v) is 10.9. The first-order valence-electron chi connectivity index (χ1n) is 10.0. The number of likely N-dealkylation sites (N-methyl/N-ethyl adjacent to an activating group) is 1. The Morgan fingerprint density at radius 3 is 2.81 bits per heavy atom. The Morgan fingerprint density at radius 1 is 1.19 bits per heavy atom. The maximum atomic E-state index is 13.4. The molecular formula is C24H20N4O3S. The SMILES string of the molecule is CN1C(=N)N[C@](C)(c2cc(-c3cccc(C#N)c3)cs2)[C@@H](c2ccc3c(c2)OCO3)C1=O. The van der Waals surface area contributed by atoms with Gasteiger partial charge in [-0.05, 0) is 59.3 Å². The maximum Gasteiger partial charge on any atom is 0.239 e. The van der Waals surface area contributed by atoms with Gasteiger partial charge in [-0.15, -0.1) is 11.3 Å². The summed E-state index contributed by atoms with van der Waals surface area (Å²) in [5, 5.41) is 22.9. The van der Waals surface area contributed by atoms with Crippen LogP contribution in [0.2, 0.25) is 0 Å². The van der Waals surface area contributed by atoms with Crippen LogP contribution in [0.5, 0.6) is 11.5 Å². The van der Waals surface area contributed by atoms with E-state index in [1.807, 2.05) is 54.8 Å². The molecule has 0 saturated carbocycles. The van der Waals surface area contributed by atoms with Crippen LogP contribution in [0.15, 0.2) is 53.9 Å². The third kappa shape index (κ3) is 3.10. The van der Waals surface area contributed by atoms with E-state index in [2.05, 4.69) is 11.4 Å². The van der Waals surface area contributed by atoms with Crippen LogP contribution in [0.3, 0.4) is 0 Å². The van der Waals surface area contributed by atoms with Crippen molar-refractivity contribution >= 4 is 23.2 Å². The van der Waals surface area contributed by atoms with Crippen molar-refractivity contribution in [1.29, 1.82) is 10.7 Å². The summed E-state index contributed by atoms with van der Waals surface area (Å²) >= 11 is 1.52. The third-order valence-electron chi connectivity index (χ3n) is 6.03. The van der Waals surface area contributed by atoms with Crippen molar-refractivity contribution in [3.63, 3.8) is 0 Å². The summed E-state index contributed by atoms with van der Waals surface area (Å²) in [7, 11) is 1.60. The lowest BCUT2D eigenvalue weighted by Gasteiger charge is -2.45. The van der Waals surface area contributed by atoms with Gasteiger partial charge in [0.2, 0.25) is 12.7 Å². The van der Waals surface area contributed by atoms with Gasteiger partial charge < -0.3 is 14.8 Å². The van der Waals surface area contributed by atoms with Gasteiger partial charge in [0.05, 0.1) is 23.1 Å². The largest absolute Gasteiger partial charge is 0.454 e. The molecule has 0 spiro atoms. The number of nitrogens with zero attached hydrogens (tertiary/aromatic N) is 2. The Balaban J connectivity index is 1.60. The number of guanidine groups is 1. The lowest BCUT2D eigenvalue weighted by Crippen LogP contribution is -2.62. The van der Waals surface area contributed by atoms with E-state index in [-0.39, 0.29) is 18.7 Å². The number of carbonyl (C=O) groups excluding carboxylic acids is 1. The van der Waals surface area contributed by atoms with E-state index in [4.69, 9.17) is 14.9 Å². The molecule has 0 radical (unpaired) electrons. The van der Waals surface area contributed by atoms with Gasteiger partial charge in [0.25, 0.3) is 0 Å². The van der Waals surface area contributed by atoms with Crippen LogP contribution in [0.25, 0.3) is 11.1 Å². The summed E-state index contributed by atoms with van der Waals surface area (Å²) in [5.41, 5.74) is 2.44. The summed E-state index contributed by atoms with van der Waals surface area (Å²) in [6.07, 6.45) is 0. The van der Waals surface area contributed by atoms with Crippen molar-refractivity contribution in [3.8, 4) is 28.7 Å². The monoisotopic (exact) mass is 444 g/mol. The zero-order valence-electron chi connectivity index (χ0n) is 17.5. The van der Waals surface area contributed by atoms with E-state index in [1.165, 1.54) is 16.2 Å². The van der Waals surface area contributed by atoms with Crippen LogP contribution in [0, 0.1) is 16.7 Å². The van der Waals surface area contributed by atoms with Crippen LogP contribution < -0.4 is 14.8 Å². The van der Waals surface area contributed by atoms with Gasteiger partial charge in [-0.3, -0.25) is 15.1 Å². The summed E-state index contributed by atoms with van der Waals surface area (Å²) in [6.45, 7) is 2.11. The molecule has 2 atom stereocenters. The zero-order valence-corrected chi connectivity index (χ0v) is 18.3. The van der Waals surface area contributed by atoms with Crippen molar-refractivity contribution < 1.29 is 14.3 Å². The predicted molar refractivity (Wildman–Crippen MR) is 121 cm³/mol. The molecule has 2 aromatic carbocycles. The number of fused-ring (bicyclic) bond motifs is 1. The average Bonchev–Trinajstić information content (AvgIpc) is 3.47. The molecular weight excluding hydrogens is 424 g/mol. The highest BCUT2D eigenvalue weighted by atomic mass is 32.1. The number of nitriles is 1. The first kappa shape index (κ1) is 20.1. The third-order valence-corrected chi connectivity index (χ3v) is 7.20. The molecule has 7 nitrogen and oxygen atoms in total. The number of rotatable bonds is 3. The highest BCUT2D eigenvalue weighted by Gasteiger charge is 2.49. The number of benzene rings is 2. The average molecular weight is 445 g/mol. The van der Waals surface area contributed by atoms with Gasteiger partial charge in [-0.25, -0.2) is 0 Å². The highest BCUT2D eigenvalue weighted by Crippen LogP contribution is 2.46. The van der Waals surface area contributed by atoms with Crippen molar-refractivity contribution in [3.05, 3.63) is 69.9 Å². The number of thiophene rings is 1. The Bertz CT molecular complexity index is 1290. The second-order valence-corrected chi connectivity index (χ2v) is 8.92. The number of carbonyl (C=O) groups is 1. The van der Waals surface area contributed by atoms with E-state index >= 15 is 0 Å². The number of nitrogens with one attached hydrogen (secondary N) is 2. The van der Waals surface area contributed by atoms with Crippen LogP contribution in [-0.4, -0.2) is 30.6 Å². The number of ether oxygens (including phenoxy) is 2. The number of hydrogen-bond acceptors (Lipinski definition) is 6. The van der Waals surface area contributed by atoms with Crippen molar-refractivity contribution in [1.82, 2.24) is 10.2 Å². The molecule has 1 aromatic heterocycles. The van der Waals surface area contributed by atoms with Crippen LogP contribution in [-0.2, 0) is 10.3 Å². The predicted octanol–water partition coefficient (Wildman–Crippen LogP) is 4.01. The van der Waals surface area contributed by atoms with E-state index in [0.29, 0.717) is 17.1 Å². The van der Waals surface area contributed by atoms with Crippen molar-refractivity contribution in [2.45, 2.75) is 18.4 Å². The van der Waals surface area contributed by atoms with Crippen LogP contribution >= 0.6 is 11.3 Å². The van der Waals surface area contributed by atoms with Gasteiger partial charge in [0, 0.05) is 11.9 Å². The minimum atomic E-state index is -0.843. The Hall–Kier alpha value is -3.83. The van der Waals surface area contributed by atoms with Gasteiger partial charge in [0.1, 0.15) is 0 Å². The van der Waals surface area contributed by atoms with E-state index in [0.717, 1.165) is 21.6 Å². The molecule has 3 aromatic rings. The van der Waals surface area contributed by atoms with E-state index < -0.39 is 11.5 Å². The zero-order chi connectivity index (χ0) is 22.5. The lowest BCUT2D eigenvalue weighted by molar-refractivity contribution is -0.131. The fraction of sp³-hybridized carbons (Fsp3) is 0.208. The Labute approximate surface area is 189 Å².